The van der Waals surface area contributed by atoms with Gasteiger partial charge in [0.1, 0.15) is 0 Å². The molecule has 0 spiro atoms. The molecule has 8 aromatic carbocycles. The Hall–Kier alpha value is -3.04. The second-order valence-corrected chi connectivity index (χ2v) is 35.3. The first-order chi connectivity index (χ1) is 22.6. The van der Waals surface area contributed by atoms with Crippen molar-refractivity contribution in [1.82, 2.24) is 0 Å². The summed E-state index contributed by atoms with van der Waals surface area (Å²) in [5.74, 6) is 0. The molecule has 0 bridgehead atoms. The van der Waals surface area contributed by atoms with Crippen LogP contribution in [0.5, 0.6) is 0 Å². The van der Waals surface area contributed by atoms with Crippen molar-refractivity contribution in [2.45, 2.75) is 40.0 Å². The molecule has 5 heteroatoms. The van der Waals surface area contributed by atoms with Crippen LogP contribution in [0.4, 0.5) is 0 Å². The number of halogens is 2. The summed E-state index contributed by atoms with van der Waals surface area (Å²) in [7, 11) is -0.593. The summed E-state index contributed by atoms with van der Waals surface area (Å²) in [6, 6.07) is 52.5. The van der Waals surface area contributed by atoms with E-state index in [4.69, 9.17) is 0 Å². The first-order valence-electron chi connectivity index (χ1n) is 16.4. The van der Waals surface area contributed by atoms with Gasteiger partial charge in [0, 0.05) is 0 Å². The van der Waals surface area contributed by atoms with Gasteiger partial charge < -0.3 is 24.8 Å². The fourth-order valence-corrected chi connectivity index (χ4v) is 6.16. The standard InChI is InChI=1S/2C20H15.C4H12Si2.2ClH.Zr/c2*1-14-12-16-8-5-11-19(20(16)13-14)18-10-4-7-15-6-2-3-9-17(15)18;1-5-6(2,3)4;;;/h2*2-13H,1H3;1-4H3;2*1H;/q2*-1;;;;+2/p-2. The predicted molar refractivity (Wildman–Crippen MR) is 209 cm³/mol. The Labute approximate surface area is 320 Å². The van der Waals surface area contributed by atoms with Crippen LogP contribution < -0.4 is 24.8 Å². The summed E-state index contributed by atoms with van der Waals surface area (Å²) in [5.41, 5.74) is 7.94. The van der Waals surface area contributed by atoms with Gasteiger partial charge in [0.15, 0.2) is 0 Å². The van der Waals surface area contributed by atoms with Crippen molar-refractivity contribution in [2.75, 3.05) is 0 Å². The second kappa shape index (κ2) is 16.8. The Morgan fingerprint density at radius 3 is 1.14 bits per heavy atom. The second-order valence-electron chi connectivity index (χ2n) is 13.6. The van der Waals surface area contributed by atoms with Gasteiger partial charge in [-0.05, 0) is 32.7 Å². The Balaban J connectivity index is 0.000000180. The molecule has 0 unspecified atom stereocenters. The summed E-state index contributed by atoms with van der Waals surface area (Å²) in [6.45, 7) is 14.2. The maximum Gasteiger partial charge on any atom is -0.0114 e. The topological polar surface area (TPSA) is 0 Å². The van der Waals surface area contributed by atoms with Gasteiger partial charge in [-0.3, -0.25) is 0 Å². The van der Waals surface area contributed by atoms with E-state index in [-0.39, 0.29) is 29.8 Å². The van der Waals surface area contributed by atoms with Crippen molar-refractivity contribution in [2.24, 2.45) is 0 Å². The number of fused-ring (bicyclic) bond motifs is 4. The molecular formula is C44H42Cl2Si2Zr-2. The largest absolute Gasteiger partial charge is 1.00 e. The van der Waals surface area contributed by atoms with Crippen LogP contribution in [0.3, 0.4) is 0 Å². The van der Waals surface area contributed by atoms with Crippen LogP contribution in [-0.2, 0) is 23.3 Å². The minimum absolute atomic E-state index is 0. The molecule has 0 amide bonds. The van der Waals surface area contributed by atoms with Gasteiger partial charge in [0.25, 0.3) is 0 Å². The molecule has 0 N–H and O–H groups in total. The summed E-state index contributed by atoms with van der Waals surface area (Å²) >= 11 is 1.82. The van der Waals surface area contributed by atoms with Gasteiger partial charge in [-0.25, -0.2) is 0 Å². The molecule has 0 heterocycles. The molecule has 8 rings (SSSR count). The molecule has 8 aromatic rings. The number of aryl methyl sites for hydroxylation is 2. The van der Waals surface area contributed by atoms with E-state index in [9.17, 15) is 0 Å². The Bertz CT molecular complexity index is 2190. The molecule has 0 aromatic heterocycles. The zero-order chi connectivity index (χ0) is 33.1. The monoisotopic (exact) mass is 786 g/mol. The van der Waals surface area contributed by atoms with Crippen LogP contribution in [0.1, 0.15) is 11.1 Å². The van der Waals surface area contributed by atoms with E-state index in [1.165, 1.54) is 76.5 Å². The van der Waals surface area contributed by atoms with Gasteiger partial charge in [-0.2, -0.15) is 12.1 Å². The third-order valence-corrected chi connectivity index (χ3v) is 34.7. The summed E-state index contributed by atoms with van der Waals surface area (Å²) in [5, 5.41) is 10.6. The molecule has 246 valence electrons. The SMILES string of the molecule is C[Si](=[Zr+2])[Si](C)(C)C.Cc1cc2c(-c3cccc4ccccc34)cccc2[cH-]1.Cc1cc2c(-c3cccc4ccccc34)cccc2[cH-]1.[Cl-].[Cl-]. The molecule has 0 fully saturated rings. The molecule has 0 nitrogen and oxygen atoms in total. The third-order valence-electron chi connectivity index (χ3n) is 9.07. The number of rotatable bonds is 3. The smallest absolute Gasteiger partial charge is 0.0114 e. The van der Waals surface area contributed by atoms with E-state index in [2.05, 4.69) is 186 Å². The minimum Gasteiger partial charge on any atom is -1.00 e. The zero-order valence-electron chi connectivity index (χ0n) is 29.1. The van der Waals surface area contributed by atoms with Crippen molar-refractivity contribution in [1.29, 1.82) is 0 Å². The van der Waals surface area contributed by atoms with Gasteiger partial charge in [-0.1, -0.05) is 122 Å². The number of hydrogen-bond acceptors (Lipinski definition) is 0. The number of benzene rings is 6. The van der Waals surface area contributed by atoms with E-state index in [1.807, 2.05) is 23.3 Å². The van der Waals surface area contributed by atoms with Crippen molar-refractivity contribution in [3.8, 4) is 22.3 Å². The van der Waals surface area contributed by atoms with Gasteiger partial charge >= 0.3 is 62.1 Å². The molecule has 0 aliphatic heterocycles. The van der Waals surface area contributed by atoms with Crippen molar-refractivity contribution >= 4 is 55.6 Å². The van der Waals surface area contributed by atoms with Crippen molar-refractivity contribution in [3.05, 3.63) is 157 Å². The molecular weight excluding hydrogens is 747 g/mol. The quantitative estimate of drug-likeness (QED) is 0.134. The number of hydrogen-bond donors (Lipinski definition) is 0. The van der Waals surface area contributed by atoms with Crippen LogP contribution >= 0.6 is 0 Å². The maximum atomic E-state index is 2.47. The van der Waals surface area contributed by atoms with Crippen LogP contribution in [0.25, 0.3) is 65.3 Å². The van der Waals surface area contributed by atoms with E-state index in [1.54, 1.807) is 0 Å². The summed E-state index contributed by atoms with van der Waals surface area (Å²) in [4.78, 5) is 0.179. The normalized spacial score (nSPS) is 10.9. The van der Waals surface area contributed by atoms with Crippen LogP contribution in [0, 0.1) is 13.8 Å². The van der Waals surface area contributed by atoms with E-state index >= 15 is 0 Å². The van der Waals surface area contributed by atoms with Crippen LogP contribution in [0.15, 0.2) is 146 Å². The summed E-state index contributed by atoms with van der Waals surface area (Å²) < 4.78 is 0. The molecule has 0 aliphatic rings. The molecule has 0 atom stereocenters. The Morgan fingerprint density at radius 1 is 0.469 bits per heavy atom. The molecule has 0 aliphatic carbocycles. The van der Waals surface area contributed by atoms with E-state index in [0.717, 1.165) is 0 Å². The Kier molecular flexibility index (Phi) is 13.3. The van der Waals surface area contributed by atoms with E-state index < -0.39 is 7.59 Å². The molecule has 49 heavy (non-hydrogen) atoms. The zero-order valence-corrected chi connectivity index (χ0v) is 35.1. The molecule has 0 saturated carbocycles. The Morgan fingerprint density at radius 2 is 0.776 bits per heavy atom. The average molecular weight is 789 g/mol. The van der Waals surface area contributed by atoms with E-state index in [0.29, 0.717) is 0 Å². The van der Waals surface area contributed by atoms with Gasteiger partial charge in [0.2, 0.25) is 0 Å². The minimum atomic E-state index is -0.593. The fraction of sp³-hybridized carbons (Fsp3) is 0.136. The average Bonchev–Trinajstić information content (AvgIpc) is 3.65. The maximum absolute atomic E-state index is 2.47. The summed E-state index contributed by atoms with van der Waals surface area (Å²) in [6.07, 6.45) is 0. The van der Waals surface area contributed by atoms with Gasteiger partial charge in [0.05, 0.1) is 0 Å². The molecule has 0 radical (unpaired) electrons. The van der Waals surface area contributed by atoms with Crippen LogP contribution in [-0.4, -0.2) is 12.5 Å². The van der Waals surface area contributed by atoms with Crippen molar-refractivity contribution in [3.63, 3.8) is 0 Å². The first-order valence-corrected chi connectivity index (χ1v) is 26.6. The fourth-order valence-electron chi connectivity index (χ4n) is 6.16. The van der Waals surface area contributed by atoms with Crippen molar-refractivity contribution < 1.29 is 48.1 Å². The predicted octanol–water partition coefficient (Wildman–Crippen LogP) is 6.95. The third kappa shape index (κ3) is 8.82. The first kappa shape index (κ1) is 38.8. The van der Waals surface area contributed by atoms with Gasteiger partial charge in [-0.15, -0.1) is 69.1 Å². The van der Waals surface area contributed by atoms with Crippen LogP contribution in [0.2, 0.25) is 26.2 Å². The molecule has 0 saturated heterocycles.